The molecule has 2 N–H and O–H groups in total. The van der Waals surface area contributed by atoms with Gasteiger partial charge < -0.3 is 25.0 Å². The quantitative estimate of drug-likeness (QED) is 0.255. The van der Waals surface area contributed by atoms with Crippen molar-refractivity contribution in [2.45, 2.75) is 26.5 Å². The van der Waals surface area contributed by atoms with Gasteiger partial charge in [-0.05, 0) is 54.5 Å². The molecule has 11 nitrogen and oxygen atoms in total. The van der Waals surface area contributed by atoms with E-state index in [0.717, 1.165) is 18.5 Å². The first kappa shape index (κ1) is 29.9. The summed E-state index contributed by atoms with van der Waals surface area (Å²) in [6.45, 7) is 2.60. The van der Waals surface area contributed by atoms with E-state index in [9.17, 15) is 14.4 Å². The number of carbonyl (C=O) groups is 3. The molecule has 0 saturated carbocycles. The molecule has 3 heterocycles. The van der Waals surface area contributed by atoms with Crippen molar-refractivity contribution < 1.29 is 23.9 Å². The summed E-state index contributed by atoms with van der Waals surface area (Å²) in [5.74, 6) is -0.133. The molecule has 2 aromatic carbocycles. The van der Waals surface area contributed by atoms with Crippen LogP contribution in [0, 0.1) is 0 Å². The summed E-state index contributed by atoms with van der Waals surface area (Å²) in [5.41, 5.74) is 3.15. The molecule has 2 aromatic heterocycles. The van der Waals surface area contributed by atoms with Gasteiger partial charge in [-0.25, -0.2) is 4.98 Å². The lowest BCUT2D eigenvalue weighted by atomic mass is 10.2. The van der Waals surface area contributed by atoms with Crippen LogP contribution in [-0.2, 0) is 27.5 Å². The third-order valence-corrected chi connectivity index (χ3v) is 7.44. The van der Waals surface area contributed by atoms with E-state index in [2.05, 4.69) is 20.6 Å². The van der Waals surface area contributed by atoms with Gasteiger partial charge in [-0.3, -0.25) is 19.0 Å². The van der Waals surface area contributed by atoms with Crippen molar-refractivity contribution in [1.29, 1.82) is 0 Å². The zero-order valence-corrected chi connectivity index (χ0v) is 24.9. The summed E-state index contributed by atoms with van der Waals surface area (Å²) >= 11 is 13.2. The second-order valence-corrected chi connectivity index (χ2v) is 10.5. The number of aryl methyl sites for hydroxylation is 1. The van der Waals surface area contributed by atoms with Crippen LogP contribution in [0.2, 0.25) is 10.0 Å². The number of fused-ring (bicyclic) bond motifs is 3. The molecule has 0 radical (unpaired) electrons. The topological polar surface area (TPSA) is 128 Å². The number of aromatic nitrogens is 3. The number of hydrogen-bond donors (Lipinski definition) is 2. The zero-order valence-electron chi connectivity index (χ0n) is 23.4. The summed E-state index contributed by atoms with van der Waals surface area (Å²) in [4.78, 5) is 46.4. The van der Waals surface area contributed by atoms with Gasteiger partial charge in [0.1, 0.15) is 23.7 Å². The van der Waals surface area contributed by atoms with Gasteiger partial charge in [0.25, 0.3) is 6.01 Å². The van der Waals surface area contributed by atoms with Crippen molar-refractivity contribution in [3.05, 3.63) is 75.9 Å². The van der Waals surface area contributed by atoms with Crippen molar-refractivity contribution in [3.8, 4) is 11.8 Å². The Morgan fingerprint density at radius 3 is 2.77 bits per heavy atom. The highest BCUT2D eigenvalue weighted by Gasteiger charge is 2.21. The molecular weight excluding hydrogens is 595 g/mol. The predicted octanol–water partition coefficient (Wildman–Crippen LogP) is 4.85. The van der Waals surface area contributed by atoms with Crippen molar-refractivity contribution in [2.24, 2.45) is 0 Å². The number of benzene rings is 2. The Bertz CT molecular complexity index is 1720. The second kappa shape index (κ2) is 13.1. The number of ether oxygens (including phenoxy) is 2. The van der Waals surface area contributed by atoms with Gasteiger partial charge in [-0.1, -0.05) is 29.3 Å². The number of anilines is 2. The van der Waals surface area contributed by atoms with Crippen LogP contribution in [-0.4, -0.2) is 52.5 Å². The fourth-order valence-corrected chi connectivity index (χ4v) is 5.07. The molecule has 1 aliphatic rings. The lowest BCUT2D eigenvalue weighted by Crippen LogP contribution is -2.37. The lowest BCUT2D eigenvalue weighted by molar-refractivity contribution is -0.122. The number of rotatable bonds is 9. The van der Waals surface area contributed by atoms with Crippen molar-refractivity contribution in [1.82, 2.24) is 19.9 Å². The van der Waals surface area contributed by atoms with Crippen molar-refractivity contribution in [2.75, 3.05) is 30.4 Å². The number of nitrogens with zero attached hydrogens (tertiary/aromatic N) is 4. The van der Waals surface area contributed by atoms with Crippen LogP contribution in [0.15, 0.2) is 54.7 Å². The molecule has 3 amide bonds. The van der Waals surface area contributed by atoms with Crippen LogP contribution in [0.3, 0.4) is 0 Å². The van der Waals surface area contributed by atoms with Crippen LogP contribution in [0.4, 0.5) is 11.5 Å². The Kier molecular flexibility index (Phi) is 9.13. The van der Waals surface area contributed by atoms with Crippen LogP contribution in [0.1, 0.15) is 24.5 Å². The highest BCUT2D eigenvalue weighted by Crippen LogP contribution is 2.36. The fraction of sp³-hybridized carbons (Fsp3) is 0.233. The summed E-state index contributed by atoms with van der Waals surface area (Å²) in [7, 11) is 1.56. The number of likely N-dealkylation sites (N-methyl/N-ethyl adjacent to an activating group) is 1. The number of imidazole rings is 1. The van der Waals surface area contributed by atoms with Crippen LogP contribution in [0.5, 0.6) is 11.8 Å². The van der Waals surface area contributed by atoms with Crippen molar-refractivity contribution >= 4 is 69.5 Å². The third-order valence-electron chi connectivity index (χ3n) is 6.67. The number of carbonyl (C=O) groups excluding carboxylic acids is 3. The summed E-state index contributed by atoms with van der Waals surface area (Å²) in [6, 6.07) is 12.8. The average molecular weight is 623 g/mol. The monoisotopic (exact) mass is 622 g/mol. The highest BCUT2D eigenvalue weighted by molar-refractivity contribution is 6.38. The Labute approximate surface area is 257 Å². The van der Waals surface area contributed by atoms with E-state index in [0.29, 0.717) is 51.5 Å². The first-order valence-corrected chi connectivity index (χ1v) is 14.1. The van der Waals surface area contributed by atoms with Gasteiger partial charge in [-0.15, -0.1) is 0 Å². The maximum Gasteiger partial charge on any atom is 0.297 e. The number of nitrogens with one attached hydrogen (secondary N) is 2. The van der Waals surface area contributed by atoms with Gasteiger partial charge in [0, 0.05) is 43.4 Å². The number of hydrogen-bond acceptors (Lipinski definition) is 7. The van der Waals surface area contributed by atoms with Gasteiger partial charge >= 0.3 is 0 Å². The Morgan fingerprint density at radius 1 is 1.16 bits per heavy atom. The minimum absolute atomic E-state index is 0.0396. The van der Waals surface area contributed by atoms with Gasteiger partial charge in [0.2, 0.25) is 17.7 Å². The molecule has 0 fully saturated rings. The molecule has 0 aliphatic carbocycles. The SMILES string of the molecule is CC(=O)Nc1ccc(C=CC(=O)NCC(=O)N(C)c2ccc(Cl)c(COc3cccc4c3nc3n4CCCO3)c2Cl)cn1. The summed E-state index contributed by atoms with van der Waals surface area (Å²) in [5, 5.41) is 5.77. The minimum Gasteiger partial charge on any atom is -0.486 e. The van der Waals surface area contributed by atoms with Crippen LogP contribution < -0.4 is 25.0 Å². The Balaban J connectivity index is 1.21. The molecule has 0 atom stereocenters. The van der Waals surface area contributed by atoms with E-state index in [1.54, 1.807) is 37.4 Å². The second-order valence-electron chi connectivity index (χ2n) is 9.68. The van der Waals surface area contributed by atoms with Gasteiger partial charge in [-0.2, -0.15) is 4.98 Å². The predicted molar refractivity (Wildman–Crippen MR) is 165 cm³/mol. The molecule has 4 aromatic rings. The maximum atomic E-state index is 12.9. The van der Waals surface area contributed by atoms with Crippen LogP contribution in [0.25, 0.3) is 17.1 Å². The normalized spacial score (nSPS) is 12.5. The Hall–Kier alpha value is -4.61. The number of amides is 3. The first-order valence-electron chi connectivity index (χ1n) is 13.4. The molecule has 43 heavy (non-hydrogen) atoms. The van der Waals surface area contributed by atoms with E-state index in [-0.39, 0.29) is 24.1 Å². The molecule has 13 heteroatoms. The van der Waals surface area contributed by atoms with Crippen molar-refractivity contribution in [3.63, 3.8) is 0 Å². The molecule has 0 spiro atoms. The van der Waals surface area contributed by atoms with Gasteiger partial charge in [0.05, 0.1) is 29.4 Å². The van der Waals surface area contributed by atoms with E-state index in [1.165, 1.54) is 24.1 Å². The zero-order chi connectivity index (χ0) is 30.5. The van der Waals surface area contributed by atoms with Gasteiger partial charge in [0.15, 0.2) is 0 Å². The van der Waals surface area contributed by atoms with Crippen LogP contribution >= 0.6 is 23.2 Å². The minimum atomic E-state index is -0.468. The molecule has 1 aliphatic heterocycles. The molecule has 222 valence electrons. The van der Waals surface area contributed by atoms with E-state index >= 15 is 0 Å². The van der Waals surface area contributed by atoms with E-state index in [1.807, 2.05) is 22.8 Å². The number of pyridine rings is 1. The standard InChI is InChI=1S/C30H28Cl2N6O5/c1-18(39)35-25-11-7-19(15-33-25)8-12-26(40)34-16-27(41)37(2)22-10-9-21(31)20(28(22)32)17-43-24-6-3-5-23-29(24)36-30-38(23)13-4-14-42-30/h3,5-12,15H,4,13-14,16-17H2,1-2H3,(H,34,40)(H,33,35,39). The average Bonchev–Trinajstić information content (AvgIpc) is 3.38. The molecular formula is C30H28Cl2N6O5. The highest BCUT2D eigenvalue weighted by atomic mass is 35.5. The molecule has 0 saturated heterocycles. The molecule has 0 bridgehead atoms. The molecule has 5 rings (SSSR count). The van der Waals surface area contributed by atoms with E-state index < -0.39 is 11.8 Å². The number of para-hydroxylation sites is 1. The maximum absolute atomic E-state index is 12.9. The van der Waals surface area contributed by atoms with E-state index in [4.69, 9.17) is 32.7 Å². The molecule has 0 unspecified atom stereocenters. The summed E-state index contributed by atoms with van der Waals surface area (Å²) in [6.07, 6.45) is 5.25. The lowest BCUT2D eigenvalue weighted by Gasteiger charge is -2.21. The largest absolute Gasteiger partial charge is 0.486 e. The smallest absolute Gasteiger partial charge is 0.297 e. The third kappa shape index (κ3) is 6.90. The summed E-state index contributed by atoms with van der Waals surface area (Å²) < 4.78 is 13.8. The first-order chi connectivity index (χ1) is 20.7. The Morgan fingerprint density at radius 2 is 2.00 bits per heavy atom. The fourth-order valence-electron chi connectivity index (χ4n) is 4.46. The number of halogens is 2.